The Hall–Kier alpha value is -1.58. The average molecular weight is 256 g/mol. The summed E-state index contributed by atoms with van der Waals surface area (Å²) in [5, 5.41) is 27.2. The van der Waals surface area contributed by atoms with Crippen molar-refractivity contribution in [2.75, 3.05) is 32.7 Å². The molecule has 1 unspecified atom stereocenters. The second-order valence-corrected chi connectivity index (χ2v) is 4.23. The van der Waals surface area contributed by atoms with Crippen LogP contribution in [0.3, 0.4) is 0 Å². The van der Waals surface area contributed by atoms with E-state index < -0.39 is 17.0 Å². The van der Waals surface area contributed by atoms with Crippen molar-refractivity contribution in [3.63, 3.8) is 0 Å². The van der Waals surface area contributed by atoms with Crippen LogP contribution in [0.5, 0.6) is 0 Å². The van der Waals surface area contributed by atoms with E-state index in [9.17, 15) is 15.2 Å². The van der Waals surface area contributed by atoms with E-state index >= 15 is 0 Å². The highest BCUT2D eigenvalue weighted by atomic mass is 16.6. The highest BCUT2D eigenvalue weighted by molar-refractivity contribution is 4.97. The highest BCUT2D eigenvalue weighted by Gasteiger charge is 2.18. The maximum absolute atomic E-state index is 10.4. The van der Waals surface area contributed by atoms with E-state index in [2.05, 4.69) is 20.3 Å². The quantitative estimate of drug-likeness (QED) is 0.485. The molecular weight excluding hydrogens is 240 g/mol. The summed E-state index contributed by atoms with van der Waals surface area (Å²) in [5.74, 6) is -0.440. The van der Waals surface area contributed by atoms with Gasteiger partial charge in [-0.3, -0.25) is 4.90 Å². The van der Waals surface area contributed by atoms with E-state index in [4.69, 9.17) is 0 Å². The van der Waals surface area contributed by atoms with Crippen LogP contribution in [0, 0.1) is 10.1 Å². The molecule has 18 heavy (non-hydrogen) atoms. The van der Waals surface area contributed by atoms with Crippen molar-refractivity contribution in [3.8, 4) is 0 Å². The molecule has 0 aromatic carbocycles. The number of nitro groups is 1. The predicted octanol–water partition coefficient (Wildman–Crippen LogP) is -1.55. The summed E-state index contributed by atoms with van der Waals surface area (Å²) in [5.41, 5.74) is 0. The lowest BCUT2D eigenvalue weighted by atomic mass is 10.3. The van der Waals surface area contributed by atoms with E-state index in [1.807, 2.05) is 0 Å². The van der Waals surface area contributed by atoms with Gasteiger partial charge < -0.3 is 20.5 Å². The number of hydrogen-bond acceptors (Lipinski definition) is 7. The highest BCUT2D eigenvalue weighted by Crippen LogP contribution is 2.02. The Bertz CT molecular complexity index is 403. The third-order valence-electron chi connectivity index (χ3n) is 2.76. The molecule has 1 aromatic rings. The standard InChI is InChI=1S/C9H16N6O3/c16-8(5-13-3-1-10-2-4-13)6-14-7-11-9(12-14)15(17)18/h7-8,10,16H,1-6H2. The second-order valence-electron chi connectivity index (χ2n) is 4.23. The summed E-state index contributed by atoms with van der Waals surface area (Å²) < 4.78 is 1.30. The predicted molar refractivity (Wildman–Crippen MR) is 62.0 cm³/mol. The summed E-state index contributed by atoms with van der Waals surface area (Å²) in [6.45, 7) is 4.38. The van der Waals surface area contributed by atoms with Gasteiger partial charge in [0.25, 0.3) is 0 Å². The minimum absolute atomic E-state index is 0.213. The van der Waals surface area contributed by atoms with Crippen LogP contribution in [0.2, 0.25) is 0 Å². The number of hydrogen-bond donors (Lipinski definition) is 2. The Balaban J connectivity index is 1.82. The summed E-state index contributed by atoms with van der Waals surface area (Å²) in [4.78, 5) is 15.4. The van der Waals surface area contributed by atoms with Crippen LogP contribution in [-0.4, -0.2) is 68.5 Å². The van der Waals surface area contributed by atoms with Crippen molar-refractivity contribution in [1.82, 2.24) is 25.0 Å². The normalized spacial score (nSPS) is 18.7. The van der Waals surface area contributed by atoms with E-state index in [0.29, 0.717) is 6.54 Å². The third-order valence-corrected chi connectivity index (χ3v) is 2.76. The summed E-state index contributed by atoms with van der Waals surface area (Å²) in [6.07, 6.45) is 0.656. The number of nitrogens with one attached hydrogen (secondary N) is 1. The van der Waals surface area contributed by atoms with Gasteiger partial charge in [0.15, 0.2) is 0 Å². The fraction of sp³-hybridized carbons (Fsp3) is 0.778. The smallest absolute Gasteiger partial charge is 0.390 e. The molecule has 1 aromatic heterocycles. The first-order chi connectivity index (χ1) is 8.65. The van der Waals surface area contributed by atoms with E-state index in [1.165, 1.54) is 11.0 Å². The van der Waals surface area contributed by atoms with Crippen molar-refractivity contribution in [3.05, 3.63) is 16.4 Å². The first-order valence-corrected chi connectivity index (χ1v) is 5.80. The van der Waals surface area contributed by atoms with Crippen LogP contribution in [0.1, 0.15) is 0 Å². The molecule has 9 heteroatoms. The van der Waals surface area contributed by atoms with Crippen molar-refractivity contribution in [2.24, 2.45) is 0 Å². The van der Waals surface area contributed by atoms with Gasteiger partial charge in [-0.1, -0.05) is 4.98 Å². The van der Waals surface area contributed by atoms with Crippen molar-refractivity contribution in [2.45, 2.75) is 12.6 Å². The molecule has 0 amide bonds. The maximum atomic E-state index is 10.4. The largest absolute Gasteiger partial charge is 0.490 e. The van der Waals surface area contributed by atoms with Gasteiger partial charge in [0.1, 0.15) is 0 Å². The third kappa shape index (κ3) is 3.45. The summed E-state index contributed by atoms with van der Waals surface area (Å²) in [6, 6.07) is 0. The fourth-order valence-electron chi connectivity index (χ4n) is 1.92. The minimum Gasteiger partial charge on any atom is -0.390 e. The molecule has 0 bridgehead atoms. The number of aliphatic hydroxyl groups excluding tert-OH is 1. The molecule has 100 valence electrons. The molecule has 2 heterocycles. The summed E-state index contributed by atoms with van der Waals surface area (Å²) in [7, 11) is 0. The van der Waals surface area contributed by atoms with Gasteiger partial charge in [-0.05, 0) is 4.92 Å². The molecule has 9 nitrogen and oxygen atoms in total. The molecule has 0 aliphatic carbocycles. The van der Waals surface area contributed by atoms with Gasteiger partial charge in [-0.2, -0.15) is 4.68 Å². The zero-order chi connectivity index (χ0) is 13.0. The monoisotopic (exact) mass is 256 g/mol. The molecule has 1 fully saturated rings. The Morgan fingerprint density at radius 1 is 1.50 bits per heavy atom. The lowest BCUT2D eigenvalue weighted by molar-refractivity contribution is -0.394. The number of piperazine rings is 1. The van der Waals surface area contributed by atoms with Gasteiger partial charge in [-0.25, -0.2) is 0 Å². The van der Waals surface area contributed by atoms with E-state index in [0.717, 1.165) is 26.2 Å². The Kier molecular flexibility index (Phi) is 4.18. The molecule has 2 N–H and O–H groups in total. The van der Waals surface area contributed by atoms with Crippen molar-refractivity contribution >= 4 is 5.95 Å². The van der Waals surface area contributed by atoms with Crippen LogP contribution in [0.25, 0.3) is 0 Å². The van der Waals surface area contributed by atoms with Crippen LogP contribution in [0.15, 0.2) is 6.33 Å². The molecule has 0 saturated carbocycles. The number of rotatable bonds is 5. The maximum Gasteiger partial charge on any atom is 0.490 e. The fourth-order valence-corrected chi connectivity index (χ4v) is 1.92. The number of aliphatic hydroxyl groups is 1. The van der Waals surface area contributed by atoms with Gasteiger partial charge in [0.2, 0.25) is 6.33 Å². The van der Waals surface area contributed by atoms with Crippen LogP contribution < -0.4 is 5.32 Å². The summed E-state index contributed by atoms with van der Waals surface area (Å²) >= 11 is 0. The van der Waals surface area contributed by atoms with Gasteiger partial charge in [-0.15, -0.1) is 0 Å². The Morgan fingerprint density at radius 2 is 2.22 bits per heavy atom. The molecule has 2 rings (SSSR count). The topological polar surface area (TPSA) is 109 Å². The Morgan fingerprint density at radius 3 is 2.83 bits per heavy atom. The van der Waals surface area contributed by atoms with Crippen LogP contribution >= 0.6 is 0 Å². The van der Waals surface area contributed by atoms with Crippen LogP contribution in [0.4, 0.5) is 5.95 Å². The lowest BCUT2D eigenvalue weighted by Crippen LogP contribution is -2.46. The van der Waals surface area contributed by atoms with E-state index in [-0.39, 0.29) is 6.54 Å². The first kappa shape index (κ1) is 12.9. The van der Waals surface area contributed by atoms with Crippen molar-refractivity contribution < 1.29 is 10.0 Å². The van der Waals surface area contributed by atoms with Crippen LogP contribution in [-0.2, 0) is 6.54 Å². The Labute approximate surface area is 104 Å². The van der Waals surface area contributed by atoms with Crippen molar-refractivity contribution in [1.29, 1.82) is 0 Å². The number of aromatic nitrogens is 3. The van der Waals surface area contributed by atoms with E-state index in [1.54, 1.807) is 0 Å². The molecular formula is C9H16N6O3. The minimum atomic E-state index is -0.654. The molecule has 0 spiro atoms. The number of β-amino-alcohol motifs (C(OH)–C–C–N with tert-alkyl or cyclic N) is 1. The zero-order valence-electron chi connectivity index (χ0n) is 9.90. The lowest BCUT2D eigenvalue weighted by Gasteiger charge is -2.28. The molecule has 1 atom stereocenters. The zero-order valence-corrected chi connectivity index (χ0v) is 9.90. The molecule has 1 aliphatic heterocycles. The average Bonchev–Trinajstić information content (AvgIpc) is 2.78. The molecule has 1 saturated heterocycles. The first-order valence-electron chi connectivity index (χ1n) is 5.80. The van der Waals surface area contributed by atoms with Gasteiger partial charge in [0.05, 0.1) is 12.6 Å². The molecule has 1 aliphatic rings. The second kappa shape index (κ2) is 5.85. The SMILES string of the molecule is O=[N+]([O-])c1ncn(CC(O)CN2CCNCC2)n1. The van der Waals surface area contributed by atoms with Gasteiger partial charge >= 0.3 is 5.95 Å². The molecule has 0 radical (unpaired) electrons. The number of nitrogens with zero attached hydrogens (tertiary/aromatic N) is 5. The van der Waals surface area contributed by atoms with Gasteiger partial charge in [0, 0.05) is 37.8 Å².